The van der Waals surface area contributed by atoms with E-state index in [4.69, 9.17) is 11.0 Å². The molecule has 0 spiro atoms. The van der Waals surface area contributed by atoms with Gasteiger partial charge in [-0.1, -0.05) is 0 Å². The van der Waals surface area contributed by atoms with Crippen molar-refractivity contribution in [1.82, 2.24) is 9.88 Å². The predicted molar refractivity (Wildman–Crippen MR) is 65.2 cm³/mol. The summed E-state index contributed by atoms with van der Waals surface area (Å²) in [5.41, 5.74) is 6.84. The van der Waals surface area contributed by atoms with E-state index in [0.29, 0.717) is 36.6 Å². The Morgan fingerprint density at radius 2 is 2.29 bits per heavy atom. The fourth-order valence-electron chi connectivity index (χ4n) is 1.59. The monoisotopic (exact) mass is 232 g/mol. The third kappa shape index (κ3) is 3.45. The highest BCUT2D eigenvalue weighted by Gasteiger charge is 2.14. The Hall–Kier alpha value is -2.09. The van der Waals surface area contributed by atoms with Crippen LogP contribution in [0.1, 0.15) is 29.4 Å². The first kappa shape index (κ1) is 13.0. The lowest BCUT2D eigenvalue weighted by Gasteiger charge is -2.19. The average molecular weight is 232 g/mol. The molecule has 0 aromatic carbocycles. The molecular formula is C12H16N4O. The molecule has 5 heteroatoms. The third-order valence-electron chi connectivity index (χ3n) is 2.38. The van der Waals surface area contributed by atoms with Crippen molar-refractivity contribution in [2.75, 3.05) is 18.8 Å². The van der Waals surface area contributed by atoms with Gasteiger partial charge >= 0.3 is 0 Å². The highest BCUT2D eigenvalue weighted by Crippen LogP contribution is 2.10. The normalized spacial score (nSPS) is 9.71. The van der Waals surface area contributed by atoms with Gasteiger partial charge in [0.05, 0.1) is 12.5 Å². The van der Waals surface area contributed by atoms with Crippen molar-refractivity contribution in [3.05, 3.63) is 23.4 Å². The minimum Gasteiger partial charge on any atom is -0.384 e. The number of hydrogen-bond acceptors (Lipinski definition) is 4. The maximum absolute atomic E-state index is 12.1. The zero-order valence-corrected chi connectivity index (χ0v) is 10.1. The Morgan fingerprint density at radius 3 is 2.82 bits per heavy atom. The number of amides is 1. The zero-order chi connectivity index (χ0) is 12.8. The molecule has 0 aliphatic carbocycles. The third-order valence-corrected chi connectivity index (χ3v) is 2.38. The van der Waals surface area contributed by atoms with Gasteiger partial charge in [-0.05, 0) is 26.0 Å². The fourth-order valence-corrected chi connectivity index (χ4v) is 1.59. The van der Waals surface area contributed by atoms with Crippen LogP contribution in [-0.2, 0) is 0 Å². The van der Waals surface area contributed by atoms with E-state index in [1.54, 1.807) is 24.0 Å². The van der Waals surface area contributed by atoms with E-state index in [9.17, 15) is 4.79 Å². The fraction of sp³-hybridized carbons (Fsp3) is 0.417. The summed E-state index contributed by atoms with van der Waals surface area (Å²) in [6.45, 7) is 4.68. The van der Waals surface area contributed by atoms with E-state index >= 15 is 0 Å². The van der Waals surface area contributed by atoms with Gasteiger partial charge in [0.15, 0.2) is 0 Å². The highest BCUT2D eigenvalue weighted by molar-refractivity contribution is 5.94. The molecule has 5 nitrogen and oxygen atoms in total. The largest absolute Gasteiger partial charge is 0.384 e. The van der Waals surface area contributed by atoms with Crippen LogP contribution in [0.3, 0.4) is 0 Å². The molecule has 0 fully saturated rings. The van der Waals surface area contributed by atoms with Gasteiger partial charge in [-0.25, -0.2) is 4.98 Å². The van der Waals surface area contributed by atoms with Crippen LogP contribution in [0.15, 0.2) is 12.1 Å². The number of nitrogens with two attached hydrogens (primary N) is 1. The number of anilines is 1. The molecular weight excluding hydrogens is 216 g/mol. The summed E-state index contributed by atoms with van der Waals surface area (Å²) >= 11 is 0. The molecule has 1 aromatic rings. The topological polar surface area (TPSA) is 83.0 Å². The van der Waals surface area contributed by atoms with Gasteiger partial charge in [0.25, 0.3) is 5.91 Å². The van der Waals surface area contributed by atoms with Gasteiger partial charge in [0.2, 0.25) is 0 Å². The average Bonchev–Trinajstić information content (AvgIpc) is 2.28. The first-order chi connectivity index (χ1) is 8.08. The quantitative estimate of drug-likeness (QED) is 0.849. The van der Waals surface area contributed by atoms with Gasteiger partial charge in [-0.3, -0.25) is 4.79 Å². The van der Waals surface area contributed by atoms with Crippen molar-refractivity contribution in [2.45, 2.75) is 20.3 Å². The summed E-state index contributed by atoms with van der Waals surface area (Å²) in [5, 5.41) is 8.53. The van der Waals surface area contributed by atoms with Gasteiger partial charge in [0.1, 0.15) is 5.82 Å². The second kappa shape index (κ2) is 5.85. The lowest BCUT2D eigenvalue weighted by Crippen LogP contribution is -2.31. The molecule has 17 heavy (non-hydrogen) atoms. The summed E-state index contributed by atoms with van der Waals surface area (Å²) in [5.74, 6) is 0.227. The second-order valence-electron chi connectivity index (χ2n) is 3.72. The molecule has 1 amide bonds. The van der Waals surface area contributed by atoms with Crippen molar-refractivity contribution in [1.29, 1.82) is 5.26 Å². The van der Waals surface area contributed by atoms with Crippen molar-refractivity contribution >= 4 is 11.7 Å². The van der Waals surface area contributed by atoms with Crippen molar-refractivity contribution < 1.29 is 4.79 Å². The number of rotatable bonds is 4. The first-order valence-electron chi connectivity index (χ1n) is 5.49. The van der Waals surface area contributed by atoms with Crippen LogP contribution in [0.4, 0.5) is 5.82 Å². The number of nitrogens with zero attached hydrogens (tertiary/aromatic N) is 3. The molecule has 1 heterocycles. The molecule has 2 N–H and O–H groups in total. The zero-order valence-electron chi connectivity index (χ0n) is 10.1. The molecule has 0 saturated carbocycles. The van der Waals surface area contributed by atoms with E-state index in [-0.39, 0.29) is 5.91 Å². The molecule has 0 aliphatic heterocycles. The van der Waals surface area contributed by atoms with E-state index in [0.717, 1.165) is 0 Å². The van der Waals surface area contributed by atoms with Crippen LogP contribution in [0, 0.1) is 18.3 Å². The van der Waals surface area contributed by atoms with Crippen molar-refractivity contribution in [3.63, 3.8) is 0 Å². The smallest absolute Gasteiger partial charge is 0.254 e. The number of nitrogen functional groups attached to an aromatic ring is 1. The predicted octanol–water partition coefficient (Wildman–Crippen LogP) is 1.35. The van der Waals surface area contributed by atoms with Gasteiger partial charge in [-0.15, -0.1) is 0 Å². The van der Waals surface area contributed by atoms with Gasteiger partial charge in [-0.2, -0.15) is 5.26 Å². The number of nitriles is 1. The number of carbonyl (C=O) groups excluding carboxylic acids is 1. The lowest BCUT2D eigenvalue weighted by atomic mass is 10.2. The number of hydrogen-bond donors (Lipinski definition) is 1. The Labute approximate surface area is 101 Å². The summed E-state index contributed by atoms with van der Waals surface area (Å²) < 4.78 is 0. The van der Waals surface area contributed by atoms with Crippen LogP contribution in [0.5, 0.6) is 0 Å². The minimum atomic E-state index is -0.111. The van der Waals surface area contributed by atoms with Crippen molar-refractivity contribution in [3.8, 4) is 6.07 Å². The van der Waals surface area contributed by atoms with E-state index in [1.165, 1.54) is 0 Å². The molecule has 0 aliphatic rings. The Bertz CT molecular complexity index is 430. The SMILES string of the molecule is CCN(CCC#N)C(=O)c1cc(C)nc(N)c1. The van der Waals surface area contributed by atoms with Crippen molar-refractivity contribution in [2.24, 2.45) is 0 Å². The highest BCUT2D eigenvalue weighted by atomic mass is 16.2. The maximum Gasteiger partial charge on any atom is 0.254 e. The molecule has 1 aromatic heterocycles. The number of aryl methyl sites for hydroxylation is 1. The second-order valence-corrected chi connectivity index (χ2v) is 3.72. The molecule has 0 unspecified atom stereocenters. The number of pyridine rings is 1. The van der Waals surface area contributed by atoms with Gasteiger partial charge in [0, 0.05) is 24.3 Å². The number of carbonyl (C=O) groups is 1. The van der Waals surface area contributed by atoms with Crippen LogP contribution in [0.2, 0.25) is 0 Å². The molecule has 0 saturated heterocycles. The van der Waals surface area contributed by atoms with Crippen LogP contribution in [0.25, 0.3) is 0 Å². The Kier molecular flexibility index (Phi) is 4.46. The van der Waals surface area contributed by atoms with Crippen LogP contribution >= 0.6 is 0 Å². The number of aromatic nitrogens is 1. The molecule has 90 valence electrons. The Morgan fingerprint density at radius 1 is 1.59 bits per heavy atom. The summed E-state index contributed by atoms with van der Waals surface area (Å²) in [4.78, 5) is 17.8. The molecule has 0 radical (unpaired) electrons. The maximum atomic E-state index is 12.1. The van der Waals surface area contributed by atoms with E-state index in [1.807, 2.05) is 13.0 Å². The van der Waals surface area contributed by atoms with Crippen LogP contribution < -0.4 is 5.73 Å². The first-order valence-corrected chi connectivity index (χ1v) is 5.49. The van der Waals surface area contributed by atoms with Crippen LogP contribution in [-0.4, -0.2) is 28.9 Å². The summed E-state index contributed by atoms with van der Waals surface area (Å²) in [6, 6.07) is 5.29. The standard InChI is InChI=1S/C12H16N4O/c1-3-16(6-4-5-13)12(17)10-7-9(2)15-11(14)8-10/h7-8H,3-4,6H2,1-2H3,(H2,14,15). The molecule has 0 bridgehead atoms. The summed E-state index contributed by atoms with van der Waals surface area (Å²) in [7, 11) is 0. The molecule has 1 rings (SSSR count). The molecule has 0 atom stereocenters. The summed E-state index contributed by atoms with van der Waals surface area (Å²) in [6.07, 6.45) is 0.332. The lowest BCUT2D eigenvalue weighted by molar-refractivity contribution is 0.0767. The minimum absolute atomic E-state index is 0.111. The van der Waals surface area contributed by atoms with Gasteiger partial charge < -0.3 is 10.6 Å². The Balaban J connectivity index is 2.90. The van der Waals surface area contributed by atoms with E-state index in [2.05, 4.69) is 4.98 Å². The van der Waals surface area contributed by atoms with E-state index < -0.39 is 0 Å².